The van der Waals surface area contributed by atoms with Gasteiger partial charge in [-0.25, -0.2) is 0 Å². The minimum atomic E-state index is -0.509. The van der Waals surface area contributed by atoms with Crippen LogP contribution in [0.5, 0.6) is 0 Å². The van der Waals surface area contributed by atoms with Gasteiger partial charge in [0.1, 0.15) is 6.29 Å². The van der Waals surface area contributed by atoms with E-state index < -0.39 is 2.14 Å². The SMILES string of the molecule is O=Cc1ccccc1C(Br)(Br)Br. The van der Waals surface area contributed by atoms with Gasteiger partial charge < -0.3 is 0 Å². The fraction of sp³-hybridized carbons (Fsp3) is 0.125. The number of hydrogen-bond donors (Lipinski definition) is 0. The van der Waals surface area contributed by atoms with Crippen molar-refractivity contribution in [2.75, 3.05) is 0 Å². The van der Waals surface area contributed by atoms with Crippen LogP contribution < -0.4 is 0 Å². The third kappa shape index (κ3) is 2.41. The summed E-state index contributed by atoms with van der Waals surface area (Å²) in [4.78, 5) is 10.6. The molecule has 1 nitrogen and oxygen atoms in total. The summed E-state index contributed by atoms with van der Waals surface area (Å²) in [6, 6.07) is 7.33. The number of carbonyl (C=O) groups is 1. The van der Waals surface area contributed by atoms with Crippen LogP contribution in [0, 0.1) is 0 Å². The quantitative estimate of drug-likeness (QED) is 0.552. The van der Waals surface area contributed by atoms with Gasteiger partial charge in [-0.05, 0) is 0 Å². The molecule has 0 atom stereocenters. The molecule has 0 N–H and O–H groups in total. The maximum Gasteiger partial charge on any atom is 0.160 e. The van der Waals surface area contributed by atoms with Crippen molar-refractivity contribution in [1.29, 1.82) is 0 Å². The lowest BCUT2D eigenvalue weighted by molar-refractivity contribution is 0.112. The molecule has 0 amide bonds. The Balaban J connectivity index is 3.23. The fourth-order valence-electron chi connectivity index (χ4n) is 0.858. The van der Waals surface area contributed by atoms with Crippen LogP contribution >= 0.6 is 47.8 Å². The standard InChI is InChI=1S/C8H5Br3O/c9-8(10,11)7-4-2-1-3-6(7)5-12/h1-5H. The molecule has 0 unspecified atom stereocenters. The number of halogens is 3. The second-order valence-corrected chi connectivity index (χ2v) is 8.96. The van der Waals surface area contributed by atoms with Crippen molar-refractivity contribution < 1.29 is 4.79 Å². The molecule has 1 aromatic rings. The molecule has 4 heteroatoms. The Morgan fingerprint density at radius 1 is 1.17 bits per heavy atom. The summed E-state index contributed by atoms with van der Waals surface area (Å²) in [6.45, 7) is 0. The third-order valence-electron chi connectivity index (χ3n) is 1.39. The number of rotatable bonds is 1. The van der Waals surface area contributed by atoms with Crippen molar-refractivity contribution in [3.63, 3.8) is 0 Å². The van der Waals surface area contributed by atoms with Gasteiger partial charge in [0.2, 0.25) is 0 Å². The second-order valence-electron chi connectivity index (χ2n) is 2.20. The minimum absolute atomic E-state index is 0.509. The van der Waals surface area contributed by atoms with Crippen LogP contribution in [0.1, 0.15) is 15.9 Å². The molecule has 12 heavy (non-hydrogen) atoms. The van der Waals surface area contributed by atoms with E-state index in [1.807, 2.05) is 18.2 Å². The molecular formula is C8H5Br3O. The summed E-state index contributed by atoms with van der Waals surface area (Å²) < 4.78 is -0.509. The van der Waals surface area contributed by atoms with Crippen molar-refractivity contribution in [2.24, 2.45) is 0 Å². The summed E-state index contributed by atoms with van der Waals surface area (Å²) in [5, 5.41) is 0. The Morgan fingerprint density at radius 2 is 1.75 bits per heavy atom. The molecule has 0 bridgehead atoms. The predicted octanol–water partition coefficient (Wildman–Crippen LogP) is 3.79. The van der Waals surface area contributed by atoms with Crippen LogP contribution in [0.15, 0.2) is 24.3 Å². The normalized spacial score (nSPS) is 11.2. The highest BCUT2D eigenvalue weighted by Gasteiger charge is 2.23. The molecule has 0 saturated carbocycles. The van der Waals surface area contributed by atoms with Crippen LogP contribution in [-0.2, 0) is 2.14 Å². The lowest BCUT2D eigenvalue weighted by Gasteiger charge is -2.13. The molecule has 0 heterocycles. The fourth-order valence-corrected chi connectivity index (χ4v) is 1.94. The Kier molecular flexibility index (Phi) is 3.49. The predicted molar refractivity (Wildman–Crippen MR) is 60.3 cm³/mol. The number of benzene rings is 1. The highest BCUT2D eigenvalue weighted by atomic mass is 80.0. The molecule has 0 radical (unpaired) electrons. The summed E-state index contributed by atoms with van der Waals surface area (Å²) in [5.74, 6) is 0. The molecule has 0 aromatic heterocycles. The van der Waals surface area contributed by atoms with E-state index in [0.717, 1.165) is 11.8 Å². The molecule has 0 aliphatic rings. The molecule has 1 rings (SSSR count). The zero-order chi connectivity index (χ0) is 9.19. The number of hydrogen-bond acceptors (Lipinski definition) is 1. The molecule has 0 spiro atoms. The Hall–Kier alpha value is 0.330. The highest BCUT2D eigenvalue weighted by Crippen LogP contribution is 2.45. The van der Waals surface area contributed by atoms with Crippen molar-refractivity contribution in [2.45, 2.75) is 2.14 Å². The van der Waals surface area contributed by atoms with E-state index in [9.17, 15) is 4.79 Å². The Bertz CT molecular complexity index is 291. The van der Waals surface area contributed by atoms with Gasteiger partial charge in [0.05, 0.1) is 0 Å². The first-order valence-electron chi connectivity index (χ1n) is 3.17. The molecule has 0 aliphatic carbocycles. The molecule has 1 aromatic carbocycles. The first kappa shape index (κ1) is 10.4. The second kappa shape index (κ2) is 4.03. The van der Waals surface area contributed by atoms with Gasteiger partial charge in [-0.15, -0.1) is 0 Å². The van der Waals surface area contributed by atoms with E-state index in [1.54, 1.807) is 6.07 Å². The first-order valence-corrected chi connectivity index (χ1v) is 5.55. The lowest BCUT2D eigenvalue weighted by atomic mass is 10.1. The minimum Gasteiger partial charge on any atom is -0.298 e. The van der Waals surface area contributed by atoms with E-state index in [1.165, 1.54) is 0 Å². The summed E-state index contributed by atoms with van der Waals surface area (Å²) in [7, 11) is 0. The lowest BCUT2D eigenvalue weighted by Crippen LogP contribution is -2.02. The van der Waals surface area contributed by atoms with Crippen LogP contribution in [0.25, 0.3) is 0 Å². The summed E-state index contributed by atoms with van der Waals surface area (Å²) >= 11 is 10.1. The number of alkyl halides is 3. The van der Waals surface area contributed by atoms with Gasteiger partial charge in [-0.2, -0.15) is 0 Å². The Labute approximate surface area is 95.9 Å². The van der Waals surface area contributed by atoms with Gasteiger partial charge >= 0.3 is 0 Å². The molecule has 0 saturated heterocycles. The summed E-state index contributed by atoms with van der Waals surface area (Å²) in [5.41, 5.74) is 1.52. The maximum atomic E-state index is 10.6. The van der Waals surface area contributed by atoms with Crippen molar-refractivity contribution in [3.05, 3.63) is 35.4 Å². The van der Waals surface area contributed by atoms with E-state index >= 15 is 0 Å². The van der Waals surface area contributed by atoms with Crippen molar-refractivity contribution >= 4 is 54.1 Å². The molecule has 0 aliphatic heterocycles. The molecular weight excluding hydrogens is 352 g/mol. The van der Waals surface area contributed by atoms with Gasteiger partial charge in [0.25, 0.3) is 0 Å². The van der Waals surface area contributed by atoms with E-state index in [0.29, 0.717) is 5.56 Å². The van der Waals surface area contributed by atoms with Gasteiger partial charge in [-0.3, -0.25) is 4.79 Å². The largest absolute Gasteiger partial charge is 0.298 e. The van der Waals surface area contributed by atoms with E-state index in [4.69, 9.17) is 0 Å². The van der Waals surface area contributed by atoms with Crippen LogP contribution in [0.2, 0.25) is 0 Å². The average molecular weight is 357 g/mol. The third-order valence-corrected chi connectivity index (χ3v) is 2.67. The van der Waals surface area contributed by atoms with E-state index in [2.05, 4.69) is 47.8 Å². The van der Waals surface area contributed by atoms with Gasteiger partial charge in [-0.1, -0.05) is 72.1 Å². The van der Waals surface area contributed by atoms with E-state index in [-0.39, 0.29) is 0 Å². The zero-order valence-electron chi connectivity index (χ0n) is 5.93. The maximum absolute atomic E-state index is 10.6. The average Bonchev–Trinajstić information content (AvgIpc) is 2.03. The Morgan fingerprint density at radius 3 is 2.17 bits per heavy atom. The molecule has 64 valence electrons. The van der Waals surface area contributed by atoms with Gasteiger partial charge in [0, 0.05) is 11.1 Å². The van der Waals surface area contributed by atoms with Gasteiger partial charge in [0.15, 0.2) is 2.14 Å². The summed E-state index contributed by atoms with van der Waals surface area (Å²) in [6.07, 6.45) is 0.827. The molecule has 0 fully saturated rings. The topological polar surface area (TPSA) is 17.1 Å². The van der Waals surface area contributed by atoms with Crippen LogP contribution in [0.4, 0.5) is 0 Å². The van der Waals surface area contributed by atoms with Crippen molar-refractivity contribution in [1.82, 2.24) is 0 Å². The smallest absolute Gasteiger partial charge is 0.160 e. The highest BCUT2D eigenvalue weighted by molar-refractivity contribution is 9.38. The first-order chi connectivity index (χ1) is 5.55. The monoisotopic (exact) mass is 354 g/mol. The number of aldehydes is 1. The zero-order valence-corrected chi connectivity index (χ0v) is 10.7. The number of carbonyl (C=O) groups excluding carboxylic acids is 1. The van der Waals surface area contributed by atoms with Crippen LogP contribution in [0.3, 0.4) is 0 Å². The van der Waals surface area contributed by atoms with Crippen molar-refractivity contribution in [3.8, 4) is 0 Å². The van der Waals surface area contributed by atoms with Crippen LogP contribution in [-0.4, -0.2) is 6.29 Å².